The van der Waals surface area contributed by atoms with Crippen LogP contribution in [0, 0.1) is 0 Å². The van der Waals surface area contributed by atoms with Crippen LogP contribution in [0.3, 0.4) is 0 Å². The molecule has 24 heavy (non-hydrogen) atoms. The van der Waals surface area contributed by atoms with E-state index >= 15 is 0 Å². The van der Waals surface area contributed by atoms with Crippen LogP contribution in [0.4, 0.5) is 0 Å². The smallest absolute Gasteiger partial charge is 0.341 e. The number of carboxylic acid groups (broad SMARTS) is 1. The van der Waals surface area contributed by atoms with Crippen LogP contribution in [0.15, 0.2) is 34.7 Å². The summed E-state index contributed by atoms with van der Waals surface area (Å²) in [5.41, 5.74) is 2.01. The molecule has 0 atom stereocenters. The number of thiocarbonyl (C=S) groups is 1. The van der Waals surface area contributed by atoms with Crippen molar-refractivity contribution < 1.29 is 19.4 Å². The van der Waals surface area contributed by atoms with Gasteiger partial charge in [-0.1, -0.05) is 61.1 Å². The molecule has 1 aliphatic heterocycles. The molecule has 5 nitrogen and oxygen atoms in total. The molecule has 2 rings (SSSR count). The minimum absolute atomic E-state index is 0.121. The lowest BCUT2D eigenvalue weighted by atomic mass is 10.00. The van der Waals surface area contributed by atoms with E-state index in [0.29, 0.717) is 27.8 Å². The first-order valence-electron chi connectivity index (χ1n) is 7.69. The molecule has 1 amide bonds. The Kier molecular flexibility index (Phi) is 6.81. The lowest BCUT2D eigenvalue weighted by molar-refractivity contribution is -0.139. The zero-order valence-electron chi connectivity index (χ0n) is 13.3. The Morgan fingerprint density at radius 2 is 2.08 bits per heavy atom. The van der Waals surface area contributed by atoms with Gasteiger partial charge < -0.3 is 15.2 Å². The van der Waals surface area contributed by atoms with E-state index in [4.69, 9.17) is 22.1 Å². The highest BCUT2D eigenvalue weighted by molar-refractivity contribution is 8.26. The summed E-state index contributed by atoms with van der Waals surface area (Å²) < 4.78 is 5.83. The summed E-state index contributed by atoms with van der Waals surface area (Å²) in [6, 6.07) is 7.38. The zero-order valence-corrected chi connectivity index (χ0v) is 15.0. The normalized spacial score (nSPS) is 16.0. The number of carbonyl (C=O) groups excluding carboxylic acids is 1. The molecule has 0 saturated carbocycles. The molecule has 0 spiro atoms. The minimum atomic E-state index is -1.01. The molecule has 128 valence electrons. The number of benzene rings is 1. The first-order valence-corrected chi connectivity index (χ1v) is 8.91. The van der Waals surface area contributed by atoms with Crippen LogP contribution in [0.1, 0.15) is 31.7 Å². The number of hydrogen-bond acceptors (Lipinski definition) is 5. The quantitative estimate of drug-likeness (QED) is 0.544. The second kappa shape index (κ2) is 8.84. The third-order valence-corrected chi connectivity index (χ3v) is 4.83. The fraction of sp³-hybridized carbons (Fsp3) is 0.353. The maximum absolute atomic E-state index is 12.0. The molecule has 0 radical (unpaired) electrons. The average molecular weight is 365 g/mol. The molecule has 1 aliphatic rings. The largest absolute Gasteiger partial charge is 0.482 e. The molecule has 1 heterocycles. The van der Waals surface area contributed by atoms with Gasteiger partial charge in [-0.15, -0.1) is 0 Å². The zero-order chi connectivity index (χ0) is 17.5. The maximum Gasteiger partial charge on any atom is 0.341 e. The third-order valence-electron chi connectivity index (χ3n) is 3.51. The number of carbonyl (C=O) groups is 2. The molecule has 2 N–H and O–H groups in total. The van der Waals surface area contributed by atoms with Crippen molar-refractivity contribution in [1.82, 2.24) is 5.32 Å². The summed E-state index contributed by atoms with van der Waals surface area (Å²) in [6.07, 6.45) is 3.15. The summed E-state index contributed by atoms with van der Waals surface area (Å²) in [6.45, 7) is 1.70. The molecular formula is C17H19NO4S2. The highest BCUT2D eigenvalue weighted by Crippen LogP contribution is 2.32. The summed E-state index contributed by atoms with van der Waals surface area (Å²) in [7, 11) is 0. The van der Waals surface area contributed by atoms with E-state index in [1.807, 2.05) is 18.2 Å². The molecule has 1 aromatic rings. The van der Waals surface area contributed by atoms with Gasteiger partial charge in [0.05, 0.1) is 4.91 Å². The van der Waals surface area contributed by atoms with E-state index in [1.165, 1.54) is 11.8 Å². The molecular weight excluding hydrogens is 346 g/mol. The first kappa shape index (κ1) is 18.5. The second-order valence-corrected chi connectivity index (χ2v) is 7.00. The van der Waals surface area contributed by atoms with Crippen LogP contribution in [-0.2, 0) is 16.0 Å². The Labute approximate surface area is 150 Å². The molecule has 1 aromatic carbocycles. The number of amides is 1. The van der Waals surface area contributed by atoms with E-state index in [2.05, 4.69) is 12.2 Å². The highest BCUT2D eigenvalue weighted by atomic mass is 32.2. The lowest BCUT2D eigenvalue weighted by Gasteiger charge is -2.12. The minimum Gasteiger partial charge on any atom is -0.482 e. The van der Waals surface area contributed by atoms with Crippen molar-refractivity contribution in [2.75, 3.05) is 6.61 Å². The van der Waals surface area contributed by atoms with Gasteiger partial charge in [0.25, 0.3) is 5.91 Å². The van der Waals surface area contributed by atoms with Crippen LogP contribution in [-0.4, -0.2) is 27.9 Å². The van der Waals surface area contributed by atoms with Crippen molar-refractivity contribution in [3.63, 3.8) is 0 Å². The van der Waals surface area contributed by atoms with Crippen molar-refractivity contribution in [2.45, 2.75) is 32.6 Å². The number of carboxylic acids is 1. The van der Waals surface area contributed by atoms with Gasteiger partial charge in [-0.05, 0) is 30.9 Å². The highest BCUT2D eigenvalue weighted by Gasteiger charge is 2.25. The number of ether oxygens (including phenoxy) is 1. The standard InChI is InChI=1S/C17H19NO4S2/c1-2-5-12(15-16(21)18-17(23)24-15)9-8-11-6-3-4-7-13(11)22-10-14(19)20/h3-4,6-7H,2,5,8-10H2,1H3,(H,19,20)(H,18,21,23). The van der Waals surface area contributed by atoms with Crippen LogP contribution in [0.25, 0.3) is 0 Å². The number of para-hydroxylation sites is 1. The SMILES string of the molecule is CCCC(CCc1ccccc1OCC(=O)O)=C1SC(=S)NC1=O. The topological polar surface area (TPSA) is 75.6 Å². The number of aryl methyl sites for hydroxylation is 1. The van der Waals surface area contributed by atoms with Crippen molar-refractivity contribution in [2.24, 2.45) is 0 Å². The van der Waals surface area contributed by atoms with E-state index < -0.39 is 5.97 Å². The third kappa shape index (κ3) is 5.07. The number of rotatable bonds is 8. The predicted octanol–water partition coefficient (Wildman–Crippen LogP) is 3.28. The number of aliphatic carboxylic acids is 1. The maximum atomic E-state index is 12.0. The molecule has 0 bridgehead atoms. The van der Waals surface area contributed by atoms with Gasteiger partial charge in [-0.3, -0.25) is 4.79 Å². The monoisotopic (exact) mass is 365 g/mol. The Balaban J connectivity index is 2.13. The van der Waals surface area contributed by atoms with Crippen LogP contribution in [0.2, 0.25) is 0 Å². The number of thioether (sulfide) groups is 1. The lowest BCUT2D eigenvalue weighted by Crippen LogP contribution is -2.18. The van der Waals surface area contributed by atoms with Gasteiger partial charge in [-0.2, -0.15) is 0 Å². The molecule has 0 unspecified atom stereocenters. The van der Waals surface area contributed by atoms with Crippen LogP contribution < -0.4 is 10.1 Å². The van der Waals surface area contributed by atoms with Gasteiger partial charge >= 0.3 is 5.97 Å². The Morgan fingerprint density at radius 1 is 1.33 bits per heavy atom. The molecule has 0 aliphatic carbocycles. The van der Waals surface area contributed by atoms with Gasteiger partial charge in [0, 0.05) is 0 Å². The van der Waals surface area contributed by atoms with E-state index in [9.17, 15) is 9.59 Å². The summed E-state index contributed by atoms with van der Waals surface area (Å²) in [5, 5.41) is 11.4. The van der Waals surface area contributed by atoms with Crippen molar-refractivity contribution in [3.8, 4) is 5.75 Å². The van der Waals surface area contributed by atoms with E-state index in [-0.39, 0.29) is 12.5 Å². The molecule has 1 fully saturated rings. The van der Waals surface area contributed by atoms with Gasteiger partial charge in [0.15, 0.2) is 6.61 Å². The van der Waals surface area contributed by atoms with Crippen molar-refractivity contribution in [3.05, 3.63) is 40.3 Å². The predicted molar refractivity (Wildman–Crippen MR) is 98.2 cm³/mol. The number of nitrogens with one attached hydrogen (secondary N) is 1. The Hall–Kier alpha value is -1.86. The van der Waals surface area contributed by atoms with E-state index in [1.54, 1.807) is 6.07 Å². The van der Waals surface area contributed by atoms with E-state index in [0.717, 1.165) is 24.0 Å². The van der Waals surface area contributed by atoms with Gasteiger partial charge in [0.1, 0.15) is 10.1 Å². The van der Waals surface area contributed by atoms with Crippen LogP contribution >= 0.6 is 24.0 Å². The number of allylic oxidation sites excluding steroid dienone is 1. The van der Waals surface area contributed by atoms with Gasteiger partial charge in [-0.25, -0.2) is 4.79 Å². The number of hydrogen-bond donors (Lipinski definition) is 2. The fourth-order valence-electron chi connectivity index (χ4n) is 2.48. The molecule has 1 saturated heterocycles. The second-order valence-electron chi connectivity index (χ2n) is 5.32. The van der Waals surface area contributed by atoms with Crippen LogP contribution in [0.5, 0.6) is 5.75 Å². The summed E-state index contributed by atoms with van der Waals surface area (Å²) in [5.74, 6) is -0.560. The van der Waals surface area contributed by atoms with Crippen molar-refractivity contribution in [1.29, 1.82) is 0 Å². The van der Waals surface area contributed by atoms with Crippen molar-refractivity contribution >= 4 is 40.2 Å². The van der Waals surface area contributed by atoms with Gasteiger partial charge in [0.2, 0.25) is 0 Å². The fourth-order valence-corrected chi connectivity index (χ4v) is 3.64. The first-order chi connectivity index (χ1) is 11.5. The Bertz CT molecular complexity index is 685. The molecule has 0 aromatic heterocycles. The Morgan fingerprint density at radius 3 is 2.71 bits per heavy atom. The summed E-state index contributed by atoms with van der Waals surface area (Å²) >= 11 is 6.37. The summed E-state index contributed by atoms with van der Waals surface area (Å²) in [4.78, 5) is 23.4. The average Bonchev–Trinajstić information content (AvgIpc) is 2.88. The molecule has 7 heteroatoms.